The molecule has 0 aliphatic heterocycles. The molecule has 4 aromatic carbocycles. The number of aryl methyl sites for hydroxylation is 1. The number of benzene rings is 4. The van der Waals surface area contributed by atoms with E-state index in [1.165, 1.54) is 50.5 Å². The number of halogens is 1. The lowest BCUT2D eigenvalue weighted by atomic mass is 10.0. The minimum atomic E-state index is -0.219. The van der Waals surface area contributed by atoms with Crippen LogP contribution in [-0.2, 0) is 26.7 Å². The highest BCUT2D eigenvalue weighted by atomic mass is 19.1. The topological polar surface area (TPSA) is 20.2 Å². The number of nitrogens with zero attached hydrogens (tertiary/aromatic N) is 2. The van der Waals surface area contributed by atoms with Crippen molar-refractivity contribution in [3.8, 4) is 0 Å². The van der Waals surface area contributed by atoms with Gasteiger partial charge in [-0.25, -0.2) is 4.39 Å². The summed E-state index contributed by atoms with van der Waals surface area (Å²) < 4.78 is 15.4. The number of hydrogen-bond donors (Lipinski definition) is 1. The first-order valence-corrected chi connectivity index (χ1v) is 11.3. The van der Waals surface area contributed by atoms with E-state index in [4.69, 9.17) is 0 Å². The second kappa shape index (κ2) is 9.08. The number of nitrogens with one attached hydrogen (secondary N) is 1. The van der Waals surface area contributed by atoms with Crippen LogP contribution in [0.2, 0.25) is 0 Å². The van der Waals surface area contributed by atoms with Gasteiger partial charge in [0.1, 0.15) is 5.82 Å². The molecule has 0 aliphatic carbocycles. The third kappa shape index (κ3) is 4.62. The van der Waals surface area contributed by atoms with E-state index in [2.05, 4.69) is 95.7 Å². The van der Waals surface area contributed by atoms with E-state index in [0.717, 1.165) is 18.8 Å². The molecule has 0 atom stereocenters. The molecule has 166 valence electrons. The van der Waals surface area contributed by atoms with E-state index in [1.807, 2.05) is 0 Å². The number of anilines is 1. The summed E-state index contributed by atoms with van der Waals surface area (Å²) in [5.41, 5.74) is 6.02. The number of hydrogen-bond acceptors (Lipinski definition) is 2. The monoisotopic (exact) mass is 437 g/mol. The maximum Gasteiger partial charge on any atom is 0.123 e. The van der Waals surface area contributed by atoms with Gasteiger partial charge in [0.25, 0.3) is 0 Å². The lowest BCUT2D eigenvalue weighted by Gasteiger charge is -2.18. The number of aromatic nitrogens is 1. The normalized spacial score (nSPS) is 11.5. The van der Waals surface area contributed by atoms with Gasteiger partial charge in [-0.2, -0.15) is 0 Å². The first-order chi connectivity index (χ1) is 16.1. The minimum Gasteiger partial charge on any atom is -0.381 e. The summed E-state index contributed by atoms with van der Waals surface area (Å²) >= 11 is 0. The first-order valence-electron chi connectivity index (χ1n) is 11.3. The molecule has 4 heteroatoms. The van der Waals surface area contributed by atoms with Crippen LogP contribution in [0.1, 0.15) is 16.7 Å². The van der Waals surface area contributed by atoms with E-state index in [0.29, 0.717) is 6.54 Å². The van der Waals surface area contributed by atoms with E-state index in [-0.39, 0.29) is 5.82 Å². The third-order valence-electron chi connectivity index (χ3n) is 6.24. The smallest absolute Gasteiger partial charge is 0.123 e. The van der Waals surface area contributed by atoms with E-state index < -0.39 is 0 Å². The van der Waals surface area contributed by atoms with Gasteiger partial charge in [0.05, 0.1) is 0 Å². The fourth-order valence-corrected chi connectivity index (χ4v) is 4.60. The zero-order chi connectivity index (χ0) is 22.8. The molecular weight excluding hydrogens is 409 g/mol. The lowest BCUT2D eigenvalue weighted by Crippen LogP contribution is -2.17. The lowest BCUT2D eigenvalue weighted by molar-refractivity contribution is 0.321. The largest absolute Gasteiger partial charge is 0.381 e. The molecule has 1 N–H and O–H groups in total. The molecule has 0 fully saturated rings. The van der Waals surface area contributed by atoms with Crippen molar-refractivity contribution in [2.45, 2.75) is 19.6 Å². The zero-order valence-corrected chi connectivity index (χ0v) is 19.1. The Balaban J connectivity index is 1.35. The predicted octanol–water partition coefficient (Wildman–Crippen LogP) is 6.71. The van der Waals surface area contributed by atoms with Crippen LogP contribution in [0.5, 0.6) is 0 Å². The molecule has 0 aliphatic rings. The van der Waals surface area contributed by atoms with Gasteiger partial charge in [-0.05, 0) is 70.9 Å². The highest BCUT2D eigenvalue weighted by Crippen LogP contribution is 2.25. The summed E-state index contributed by atoms with van der Waals surface area (Å²) in [4.78, 5) is 2.37. The molecule has 0 bridgehead atoms. The molecule has 0 amide bonds. The van der Waals surface area contributed by atoms with Gasteiger partial charge in [0.15, 0.2) is 0 Å². The fourth-order valence-electron chi connectivity index (χ4n) is 4.60. The van der Waals surface area contributed by atoms with E-state index >= 15 is 0 Å². The van der Waals surface area contributed by atoms with Gasteiger partial charge in [0.2, 0.25) is 0 Å². The van der Waals surface area contributed by atoms with Crippen LogP contribution in [0.3, 0.4) is 0 Å². The van der Waals surface area contributed by atoms with Crippen molar-refractivity contribution in [2.24, 2.45) is 7.05 Å². The van der Waals surface area contributed by atoms with Crippen molar-refractivity contribution in [2.75, 3.05) is 12.4 Å². The van der Waals surface area contributed by atoms with Gasteiger partial charge in [-0.3, -0.25) is 4.90 Å². The molecular formula is C29H28FN3. The van der Waals surface area contributed by atoms with E-state index in [9.17, 15) is 4.39 Å². The van der Waals surface area contributed by atoms with Crippen LogP contribution in [0.15, 0.2) is 91.1 Å². The summed E-state index contributed by atoms with van der Waals surface area (Å²) in [5, 5.41) is 7.27. The molecule has 0 spiro atoms. The van der Waals surface area contributed by atoms with Crippen molar-refractivity contribution >= 4 is 27.4 Å². The van der Waals surface area contributed by atoms with Crippen LogP contribution in [0, 0.1) is 5.82 Å². The van der Waals surface area contributed by atoms with E-state index in [1.54, 1.807) is 12.1 Å². The molecule has 33 heavy (non-hydrogen) atoms. The number of rotatable bonds is 7. The average Bonchev–Trinajstić information content (AvgIpc) is 3.13. The summed E-state index contributed by atoms with van der Waals surface area (Å²) in [7, 11) is 4.29. The Morgan fingerprint density at radius 1 is 0.818 bits per heavy atom. The predicted molar refractivity (Wildman–Crippen MR) is 136 cm³/mol. The van der Waals surface area contributed by atoms with Crippen molar-refractivity contribution in [1.29, 1.82) is 0 Å². The van der Waals surface area contributed by atoms with Crippen molar-refractivity contribution in [3.05, 3.63) is 114 Å². The Bertz CT molecular complexity index is 1400. The molecule has 0 saturated carbocycles. The highest BCUT2D eigenvalue weighted by Gasteiger charge is 2.11. The minimum absolute atomic E-state index is 0.219. The van der Waals surface area contributed by atoms with Crippen molar-refractivity contribution in [3.63, 3.8) is 0 Å². The molecule has 5 rings (SSSR count). The molecule has 3 nitrogen and oxygen atoms in total. The Morgan fingerprint density at radius 2 is 1.58 bits per heavy atom. The Labute approximate surface area is 194 Å². The molecule has 0 saturated heterocycles. The third-order valence-corrected chi connectivity index (χ3v) is 6.24. The van der Waals surface area contributed by atoms with Crippen LogP contribution >= 0.6 is 0 Å². The van der Waals surface area contributed by atoms with Gasteiger partial charge >= 0.3 is 0 Å². The summed E-state index contributed by atoms with van der Waals surface area (Å²) in [5.74, 6) is -0.219. The summed E-state index contributed by atoms with van der Waals surface area (Å²) in [6.07, 6.45) is 2.24. The molecule has 5 aromatic rings. The highest BCUT2D eigenvalue weighted by molar-refractivity contribution is 5.86. The second-order valence-electron chi connectivity index (χ2n) is 8.79. The SMILES string of the molecule is CN(Cc1cccc2ccccc12)Cc1cn(C)c2ccc(CNc3ccc(F)cc3)cc12. The fraction of sp³-hybridized carbons (Fsp3) is 0.172. The molecule has 0 radical (unpaired) electrons. The average molecular weight is 438 g/mol. The van der Waals surface area contributed by atoms with Crippen molar-refractivity contribution < 1.29 is 4.39 Å². The summed E-state index contributed by atoms with van der Waals surface area (Å²) in [6.45, 7) is 2.46. The van der Waals surface area contributed by atoms with Gasteiger partial charge in [-0.1, -0.05) is 48.5 Å². The number of fused-ring (bicyclic) bond motifs is 2. The van der Waals surface area contributed by atoms with Crippen LogP contribution in [-0.4, -0.2) is 16.5 Å². The Morgan fingerprint density at radius 3 is 2.42 bits per heavy atom. The Kier molecular flexibility index (Phi) is 5.84. The van der Waals surface area contributed by atoms with Gasteiger partial charge in [0, 0.05) is 49.5 Å². The molecule has 0 unspecified atom stereocenters. The Hall–Kier alpha value is -3.63. The molecule has 1 aromatic heterocycles. The van der Waals surface area contributed by atoms with Crippen LogP contribution in [0.4, 0.5) is 10.1 Å². The standard InChI is InChI=1S/C29H28FN3/c1-32(18-23-8-5-7-22-6-3-4-9-27(22)23)19-24-20-33(2)29-15-10-21(16-28(24)29)17-31-26-13-11-25(30)12-14-26/h3-16,20,31H,17-19H2,1-2H3. The van der Waals surface area contributed by atoms with Gasteiger partial charge < -0.3 is 9.88 Å². The van der Waals surface area contributed by atoms with Crippen LogP contribution < -0.4 is 5.32 Å². The van der Waals surface area contributed by atoms with Crippen molar-refractivity contribution in [1.82, 2.24) is 9.47 Å². The molecule has 1 heterocycles. The maximum atomic E-state index is 13.2. The second-order valence-corrected chi connectivity index (χ2v) is 8.79. The summed E-state index contributed by atoms with van der Waals surface area (Å²) in [6, 6.07) is 28.2. The van der Waals surface area contributed by atoms with Gasteiger partial charge in [-0.15, -0.1) is 0 Å². The van der Waals surface area contributed by atoms with Crippen LogP contribution in [0.25, 0.3) is 21.7 Å². The first kappa shape index (κ1) is 21.2. The maximum absolute atomic E-state index is 13.2. The zero-order valence-electron chi connectivity index (χ0n) is 19.1. The quantitative estimate of drug-likeness (QED) is 0.305.